The van der Waals surface area contributed by atoms with Crippen LogP contribution in [0.5, 0.6) is 0 Å². The fraction of sp³-hybridized carbons (Fsp3) is 0.529. The molecule has 6 N–H and O–H groups in total. The van der Waals surface area contributed by atoms with Crippen LogP contribution in [-0.4, -0.2) is 63.8 Å². The summed E-state index contributed by atoms with van der Waals surface area (Å²) in [4.78, 5) is 46.0. The minimum Gasteiger partial charge on any atom is -0.481 e. The maximum absolute atomic E-state index is 13.8. The van der Waals surface area contributed by atoms with Crippen LogP contribution in [0.2, 0.25) is 0 Å². The maximum atomic E-state index is 13.8. The Morgan fingerprint density at radius 1 is 1.04 bits per heavy atom. The van der Waals surface area contributed by atoms with Gasteiger partial charge in [-0.2, -0.15) is 0 Å². The first-order valence-corrected chi connectivity index (χ1v) is 17.6. The van der Waals surface area contributed by atoms with Crippen molar-refractivity contribution in [2.75, 3.05) is 12.8 Å². The van der Waals surface area contributed by atoms with Gasteiger partial charge < -0.3 is 26.5 Å². The van der Waals surface area contributed by atoms with E-state index in [4.69, 9.17) is 10.3 Å². The highest BCUT2D eigenvalue weighted by atomic mass is 31.1. The number of amides is 2. The number of fused-ring (bicyclic) bond motifs is 1. The summed E-state index contributed by atoms with van der Waals surface area (Å²) >= 11 is 0. The molecule has 1 saturated carbocycles. The summed E-state index contributed by atoms with van der Waals surface area (Å²) < 4.78 is 18.6. The number of carbonyl (C=O) groups excluding carboxylic acids is 2. The second-order valence-corrected chi connectivity index (χ2v) is 14.1. The van der Waals surface area contributed by atoms with Crippen LogP contribution in [0, 0.1) is 17.8 Å². The van der Waals surface area contributed by atoms with Gasteiger partial charge in [-0.1, -0.05) is 75.6 Å². The number of nitrogens with two attached hydrogens (primary N) is 1. The molecular formula is C34H47N5O6P+. The summed E-state index contributed by atoms with van der Waals surface area (Å²) in [5.41, 5.74) is 8.00. The second-order valence-electron chi connectivity index (χ2n) is 12.8. The Morgan fingerprint density at radius 2 is 1.78 bits per heavy atom. The monoisotopic (exact) mass is 652 g/mol. The van der Waals surface area contributed by atoms with E-state index in [9.17, 15) is 24.1 Å². The van der Waals surface area contributed by atoms with Crippen LogP contribution in [0.1, 0.15) is 63.6 Å². The van der Waals surface area contributed by atoms with Gasteiger partial charge in [0.25, 0.3) is 0 Å². The highest BCUT2D eigenvalue weighted by Gasteiger charge is 2.35. The van der Waals surface area contributed by atoms with Crippen molar-refractivity contribution in [3.8, 4) is 0 Å². The smallest absolute Gasteiger partial charge is 0.481 e. The highest BCUT2D eigenvalue weighted by Crippen LogP contribution is 2.32. The average molecular weight is 653 g/mol. The Morgan fingerprint density at radius 3 is 2.48 bits per heavy atom. The lowest BCUT2D eigenvalue weighted by atomic mass is 9.84. The number of rotatable bonds is 17. The van der Waals surface area contributed by atoms with Crippen LogP contribution in [0.3, 0.4) is 0 Å². The molecule has 11 nitrogen and oxygen atoms in total. The lowest BCUT2D eigenvalue weighted by molar-refractivity contribution is -0.141. The molecule has 248 valence electrons. The van der Waals surface area contributed by atoms with Gasteiger partial charge in [-0.05, 0) is 58.4 Å². The third-order valence-corrected chi connectivity index (χ3v) is 9.86. The molecule has 2 amide bonds. The molecule has 1 aliphatic rings. The van der Waals surface area contributed by atoms with Crippen molar-refractivity contribution in [1.82, 2.24) is 20.6 Å². The number of aliphatic carboxylic acids is 1. The molecule has 2 aromatic carbocycles. The SMILES string of the molecule is CC(C)CC(C[P+](=O)OCC(NC(=O)[C@H](Cc1cnc[nH]1)NC(=O)C(N)Cc1cccc2ccccc12)C1CCCCC1)C(=O)O. The van der Waals surface area contributed by atoms with Crippen LogP contribution in [0.4, 0.5) is 0 Å². The highest BCUT2D eigenvalue weighted by molar-refractivity contribution is 7.39. The van der Waals surface area contributed by atoms with Gasteiger partial charge in [0, 0.05) is 18.3 Å². The molecule has 1 heterocycles. The van der Waals surface area contributed by atoms with E-state index in [0.29, 0.717) is 18.5 Å². The van der Waals surface area contributed by atoms with Crippen molar-refractivity contribution in [3.05, 3.63) is 66.2 Å². The number of imidazole rings is 1. The molecular weight excluding hydrogens is 605 g/mol. The maximum Gasteiger partial charge on any atom is 0.509 e. The molecule has 5 atom stereocenters. The fourth-order valence-corrected chi connectivity index (χ4v) is 7.34. The zero-order valence-corrected chi connectivity index (χ0v) is 27.6. The number of H-pyrrole nitrogens is 1. The van der Waals surface area contributed by atoms with Gasteiger partial charge in [0.1, 0.15) is 18.6 Å². The lowest BCUT2D eigenvalue weighted by Crippen LogP contribution is -2.56. The Balaban J connectivity index is 1.45. The van der Waals surface area contributed by atoms with Gasteiger partial charge >= 0.3 is 14.0 Å². The lowest BCUT2D eigenvalue weighted by Gasteiger charge is -2.31. The predicted octanol–water partition coefficient (Wildman–Crippen LogP) is 4.73. The number of hydrogen-bond acceptors (Lipinski definition) is 7. The number of carbonyl (C=O) groups is 3. The van der Waals surface area contributed by atoms with Crippen LogP contribution >= 0.6 is 8.03 Å². The van der Waals surface area contributed by atoms with Gasteiger partial charge in [-0.15, -0.1) is 4.52 Å². The minimum atomic E-state index is -2.25. The van der Waals surface area contributed by atoms with Crippen molar-refractivity contribution in [3.63, 3.8) is 0 Å². The van der Waals surface area contributed by atoms with E-state index in [2.05, 4.69) is 20.6 Å². The first-order valence-electron chi connectivity index (χ1n) is 16.2. The number of benzene rings is 2. The molecule has 0 spiro atoms. The van der Waals surface area contributed by atoms with E-state index in [0.717, 1.165) is 48.4 Å². The van der Waals surface area contributed by atoms with Crippen LogP contribution in [0.15, 0.2) is 55.0 Å². The van der Waals surface area contributed by atoms with E-state index in [1.54, 1.807) is 6.20 Å². The Kier molecular flexibility index (Phi) is 13.2. The number of carboxylic acids is 1. The van der Waals surface area contributed by atoms with E-state index in [-0.39, 0.29) is 31.0 Å². The molecule has 46 heavy (non-hydrogen) atoms. The summed E-state index contributed by atoms with van der Waals surface area (Å²) in [7, 11) is -2.25. The molecule has 0 bridgehead atoms. The molecule has 1 fully saturated rings. The van der Waals surface area contributed by atoms with Gasteiger partial charge in [0.2, 0.25) is 11.8 Å². The zero-order valence-electron chi connectivity index (χ0n) is 26.7. The van der Waals surface area contributed by atoms with E-state index < -0.39 is 49.9 Å². The molecule has 4 rings (SSSR count). The van der Waals surface area contributed by atoms with Gasteiger partial charge in [0.15, 0.2) is 6.16 Å². The van der Waals surface area contributed by atoms with Crippen molar-refractivity contribution >= 4 is 36.6 Å². The second kappa shape index (κ2) is 17.3. The normalized spacial score (nSPS) is 16.8. The van der Waals surface area contributed by atoms with Gasteiger partial charge in [-0.25, -0.2) is 4.98 Å². The summed E-state index contributed by atoms with van der Waals surface area (Å²) in [5.74, 6) is -2.37. The first kappa shape index (κ1) is 35.2. The standard InChI is InChI=1S/C34H46N5O6P/c1-22(2)15-26(34(42)43)20-46(44)45-19-31(24-10-4-3-5-11-24)39-33(41)30(17-27-18-36-21-37-27)38-32(40)29(35)16-25-13-8-12-23-9-6-7-14-28(23)25/h6-9,12-14,18,21-22,24,26,29-31H,3-5,10-11,15-17,19-20,35H2,1-2H3,(H3-,36,37,38,39,40,41,42,43)/p+1/t26?,29?,30-,31?/m0/s1. The fourth-order valence-electron chi connectivity index (χ4n) is 6.24. The minimum absolute atomic E-state index is 0.00898. The summed E-state index contributed by atoms with van der Waals surface area (Å²) in [6.07, 6.45) is 8.78. The number of aromatic nitrogens is 2. The zero-order chi connectivity index (χ0) is 33.1. The molecule has 1 aromatic heterocycles. The van der Waals surface area contributed by atoms with Crippen molar-refractivity contribution < 1.29 is 28.6 Å². The Bertz CT molecular complexity index is 1450. The van der Waals surface area contributed by atoms with Crippen LogP contribution < -0.4 is 16.4 Å². The number of hydrogen-bond donors (Lipinski definition) is 5. The van der Waals surface area contributed by atoms with Crippen LogP contribution in [-0.2, 0) is 36.3 Å². The van der Waals surface area contributed by atoms with E-state index in [1.165, 1.54) is 6.33 Å². The predicted molar refractivity (Wildman–Crippen MR) is 177 cm³/mol. The Labute approximate surface area is 271 Å². The molecule has 0 saturated heterocycles. The summed E-state index contributed by atoms with van der Waals surface area (Å²) in [6, 6.07) is 11.5. The largest absolute Gasteiger partial charge is 0.509 e. The molecule has 3 aromatic rings. The molecule has 0 aliphatic heterocycles. The molecule has 12 heteroatoms. The van der Waals surface area contributed by atoms with Gasteiger partial charge in [0.05, 0.1) is 18.4 Å². The van der Waals surface area contributed by atoms with Crippen molar-refractivity contribution in [2.45, 2.75) is 83.3 Å². The topological polar surface area (TPSA) is 176 Å². The third-order valence-electron chi connectivity index (χ3n) is 8.69. The number of nitrogens with one attached hydrogen (secondary N) is 3. The summed E-state index contributed by atoms with van der Waals surface area (Å²) in [6.45, 7) is 3.84. The van der Waals surface area contributed by atoms with Crippen molar-refractivity contribution in [1.29, 1.82) is 0 Å². The molecule has 4 unspecified atom stereocenters. The van der Waals surface area contributed by atoms with Gasteiger partial charge in [-0.3, -0.25) is 14.4 Å². The Hall–Kier alpha value is -3.66. The first-order chi connectivity index (χ1) is 22.1. The number of nitrogens with zero attached hydrogens (tertiary/aromatic N) is 1. The van der Waals surface area contributed by atoms with Crippen LogP contribution in [0.25, 0.3) is 10.8 Å². The average Bonchev–Trinajstić information content (AvgIpc) is 3.56. The molecule has 1 aliphatic carbocycles. The van der Waals surface area contributed by atoms with E-state index in [1.807, 2.05) is 56.3 Å². The number of aromatic amines is 1. The quantitative estimate of drug-likeness (QED) is 0.130. The van der Waals surface area contributed by atoms with Crippen molar-refractivity contribution in [2.24, 2.45) is 23.5 Å². The third kappa shape index (κ3) is 10.4. The molecule has 0 radical (unpaired) electrons. The van der Waals surface area contributed by atoms with E-state index >= 15 is 0 Å². The summed E-state index contributed by atoms with van der Waals surface area (Å²) in [5, 5.41) is 17.6. The number of carboxylic acid groups (broad SMARTS) is 1.